The molecule has 0 aliphatic heterocycles. The molecule has 0 saturated heterocycles. The molecule has 1 unspecified atom stereocenters. The van der Waals surface area contributed by atoms with Crippen LogP contribution in [-0.4, -0.2) is 40.6 Å². The van der Waals surface area contributed by atoms with Gasteiger partial charge in [0.2, 0.25) is 0 Å². The van der Waals surface area contributed by atoms with Crippen molar-refractivity contribution in [3.63, 3.8) is 0 Å². The van der Waals surface area contributed by atoms with E-state index in [1.807, 2.05) is 0 Å². The summed E-state index contributed by atoms with van der Waals surface area (Å²) in [7, 11) is -3.19. The van der Waals surface area contributed by atoms with Gasteiger partial charge in [-0.2, -0.15) is 0 Å². The Bertz CT molecular complexity index is 728. The Balaban J connectivity index is 2.45. The Morgan fingerprint density at radius 1 is 1.45 bits per heavy atom. The predicted molar refractivity (Wildman–Crippen MR) is 72.0 cm³/mol. The van der Waals surface area contributed by atoms with E-state index in [-0.39, 0.29) is 11.6 Å². The van der Waals surface area contributed by atoms with E-state index < -0.39 is 21.7 Å². The van der Waals surface area contributed by atoms with Gasteiger partial charge in [-0.3, -0.25) is 0 Å². The van der Waals surface area contributed by atoms with E-state index in [0.29, 0.717) is 11.3 Å². The Labute approximate surface area is 115 Å². The summed E-state index contributed by atoms with van der Waals surface area (Å²) in [6.45, 7) is 1.66. The molecule has 9 heteroatoms. The van der Waals surface area contributed by atoms with Gasteiger partial charge in [0.1, 0.15) is 15.7 Å². The minimum atomic E-state index is -3.19. The van der Waals surface area contributed by atoms with Crippen LogP contribution in [0.3, 0.4) is 0 Å². The van der Waals surface area contributed by atoms with Gasteiger partial charge in [0.15, 0.2) is 5.82 Å². The molecule has 0 aliphatic rings. The molecular formula is C11H14FN5O2S. The van der Waals surface area contributed by atoms with Gasteiger partial charge in [0, 0.05) is 17.5 Å². The standard InChI is InChI=1S/C11H14FN5O2S/c1-7(6-20(2,18)19)17-11(14-15-16-17)9-5-8(12)3-4-10(9)13/h3-5,7H,6,13H2,1-2H3. The second-order valence-electron chi connectivity index (χ2n) is 4.62. The number of anilines is 1. The van der Waals surface area contributed by atoms with Crippen LogP contribution in [0.1, 0.15) is 13.0 Å². The van der Waals surface area contributed by atoms with Crippen LogP contribution in [0.25, 0.3) is 11.4 Å². The summed E-state index contributed by atoms with van der Waals surface area (Å²) in [5.41, 5.74) is 6.43. The maximum absolute atomic E-state index is 13.3. The average molecular weight is 299 g/mol. The molecule has 0 fully saturated rings. The Morgan fingerprint density at radius 3 is 2.80 bits per heavy atom. The number of benzene rings is 1. The fourth-order valence-corrected chi connectivity index (χ4v) is 2.92. The molecule has 0 amide bonds. The summed E-state index contributed by atoms with van der Waals surface area (Å²) < 4.78 is 37.3. The van der Waals surface area contributed by atoms with Crippen LogP contribution in [0.2, 0.25) is 0 Å². The number of nitrogen functional groups attached to an aromatic ring is 1. The first-order valence-electron chi connectivity index (χ1n) is 5.79. The maximum atomic E-state index is 13.3. The zero-order valence-electron chi connectivity index (χ0n) is 11.0. The van der Waals surface area contributed by atoms with Crippen LogP contribution in [0.15, 0.2) is 18.2 Å². The van der Waals surface area contributed by atoms with Crippen LogP contribution in [0.5, 0.6) is 0 Å². The Hall–Kier alpha value is -2.03. The molecule has 0 radical (unpaired) electrons. The Morgan fingerprint density at radius 2 is 2.15 bits per heavy atom. The van der Waals surface area contributed by atoms with E-state index in [2.05, 4.69) is 15.5 Å². The summed E-state index contributed by atoms with van der Waals surface area (Å²) in [5, 5.41) is 11.1. The van der Waals surface area contributed by atoms with Gasteiger partial charge in [-0.1, -0.05) is 0 Å². The highest BCUT2D eigenvalue weighted by Crippen LogP contribution is 2.26. The average Bonchev–Trinajstić information content (AvgIpc) is 2.79. The first-order valence-corrected chi connectivity index (χ1v) is 7.85. The summed E-state index contributed by atoms with van der Waals surface area (Å²) in [6, 6.07) is 3.36. The van der Waals surface area contributed by atoms with Gasteiger partial charge in [0.05, 0.1) is 11.8 Å². The molecule has 0 spiro atoms. The molecule has 0 bridgehead atoms. The lowest BCUT2D eigenvalue weighted by Gasteiger charge is -2.13. The lowest BCUT2D eigenvalue weighted by Crippen LogP contribution is -2.18. The molecule has 2 N–H and O–H groups in total. The summed E-state index contributed by atoms with van der Waals surface area (Å²) >= 11 is 0. The molecule has 20 heavy (non-hydrogen) atoms. The molecule has 2 aromatic rings. The van der Waals surface area contributed by atoms with E-state index in [4.69, 9.17) is 5.73 Å². The zero-order chi connectivity index (χ0) is 14.9. The number of hydrogen-bond donors (Lipinski definition) is 1. The highest BCUT2D eigenvalue weighted by atomic mass is 32.2. The normalized spacial score (nSPS) is 13.3. The summed E-state index contributed by atoms with van der Waals surface area (Å²) in [5.74, 6) is -0.363. The number of nitrogens with two attached hydrogens (primary N) is 1. The number of aromatic nitrogens is 4. The van der Waals surface area contributed by atoms with Gasteiger partial charge in [-0.05, 0) is 35.5 Å². The molecule has 0 aliphatic carbocycles. The fraction of sp³-hybridized carbons (Fsp3) is 0.364. The van der Waals surface area contributed by atoms with Gasteiger partial charge < -0.3 is 5.73 Å². The van der Waals surface area contributed by atoms with Crippen LogP contribution in [-0.2, 0) is 9.84 Å². The van der Waals surface area contributed by atoms with Gasteiger partial charge in [-0.15, -0.1) is 5.10 Å². The van der Waals surface area contributed by atoms with Crippen molar-refractivity contribution in [3.8, 4) is 11.4 Å². The molecule has 1 aromatic heterocycles. The lowest BCUT2D eigenvalue weighted by atomic mass is 10.1. The largest absolute Gasteiger partial charge is 0.398 e. The first-order chi connectivity index (χ1) is 9.28. The van der Waals surface area contributed by atoms with Crippen LogP contribution in [0, 0.1) is 5.82 Å². The minimum absolute atomic E-state index is 0.125. The predicted octanol–water partition coefficient (Wildman–Crippen LogP) is 0.667. The van der Waals surface area contributed by atoms with Crippen molar-refractivity contribution in [1.29, 1.82) is 0 Å². The molecule has 1 aromatic carbocycles. The van der Waals surface area contributed by atoms with Crippen molar-refractivity contribution >= 4 is 15.5 Å². The van der Waals surface area contributed by atoms with E-state index in [1.54, 1.807) is 6.92 Å². The monoisotopic (exact) mass is 299 g/mol. The van der Waals surface area contributed by atoms with Gasteiger partial charge in [-0.25, -0.2) is 17.5 Å². The number of nitrogens with zero attached hydrogens (tertiary/aromatic N) is 4. The van der Waals surface area contributed by atoms with E-state index in [9.17, 15) is 12.8 Å². The van der Waals surface area contributed by atoms with Crippen molar-refractivity contribution in [1.82, 2.24) is 20.2 Å². The third-order valence-corrected chi connectivity index (χ3v) is 3.80. The van der Waals surface area contributed by atoms with E-state index >= 15 is 0 Å². The van der Waals surface area contributed by atoms with Crippen molar-refractivity contribution < 1.29 is 12.8 Å². The fourth-order valence-electron chi connectivity index (χ4n) is 1.90. The van der Waals surface area contributed by atoms with E-state index in [0.717, 1.165) is 6.26 Å². The maximum Gasteiger partial charge on any atom is 0.184 e. The van der Waals surface area contributed by atoms with Crippen LogP contribution >= 0.6 is 0 Å². The van der Waals surface area contributed by atoms with Crippen molar-refractivity contribution in [2.24, 2.45) is 0 Å². The first kappa shape index (κ1) is 14.4. The number of rotatable bonds is 4. The third-order valence-electron chi connectivity index (χ3n) is 2.71. The van der Waals surface area contributed by atoms with Crippen LogP contribution < -0.4 is 5.73 Å². The molecule has 1 heterocycles. The number of tetrazole rings is 1. The SMILES string of the molecule is CC(CS(C)(=O)=O)n1nnnc1-c1cc(F)ccc1N. The van der Waals surface area contributed by atoms with Gasteiger partial charge in [0.25, 0.3) is 0 Å². The lowest BCUT2D eigenvalue weighted by molar-refractivity contribution is 0.509. The quantitative estimate of drug-likeness (QED) is 0.832. The molecular weight excluding hydrogens is 285 g/mol. The summed E-state index contributed by atoms with van der Waals surface area (Å²) in [4.78, 5) is 0. The highest BCUT2D eigenvalue weighted by molar-refractivity contribution is 7.90. The number of hydrogen-bond acceptors (Lipinski definition) is 6. The molecule has 108 valence electrons. The Kier molecular flexibility index (Phi) is 3.71. The summed E-state index contributed by atoms with van der Waals surface area (Å²) in [6.07, 6.45) is 1.13. The molecule has 0 saturated carbocycles. The minimum Gasteiger partial charge on any atom is -0.398 e. The molecule has 2 rings (SSSR count). The third kappa shape index (κ3) is 3.10. The molecule has 7 nitrogen and oxygen atoms in total. The number of halogens is 1. The van der Waals surface area contributed by atoms with Crippen molar-refractivity contribution in [2.45, 2.75) is 13.0 Å². The zero-order valence-corrected chi connectivity index (χ0v) is 11.8. The second kappa shape index (κ2) is 5.16. The highest BCUT2D eigenvalue weighted by Gasteiger charge is 2.20. The number of sulfone groups is 1. The van der Waals surface area contributed by atoms with Crippen molar-refractivity contribution in [2.75, 3.05) is 17.7 Å². The van der Waals surface area contributed by atoms with E-state index in [1.165, 1.54) is 22.9 Å². The van der Waals surface area contributed by atoms with Crippen LogP contribution in [0.4, 0.5) is 10.1 Å². The topological polar surface area (TPSA) is 104 Å². The van der Waals surface area contributed by atoms with Crippen molar-refractivity contribution in [3.05, 3.63) is 24.0 Å². The van der Waals surface area contributed by atoms with Gasteiger partial charge >= 0.3 is 0 Å². The smallest absolute Gasteiger partial charge is 0.184 e. The molecule has 1 atom stereocenters. The second-order valence-corrected chi connectivity index (χ2v) is 6.80.